The molecule has 1 atom stereocenters. The second-order valence-electron chi connectivity index (χ2n) is 6.16. The minimum Gasteiger partial charge on any atom is -0.481 e. The van der Waals surface area contributed by atoms with E-state index in [1.54, 1.807) is 0 Å². The van der Waals surface area contributed by atoms with Gasteiger partial charge in [0.05, 0.1) is 0 Å². The summed E-state index contributed by atoms with van der Waals surface area (Å²) < 4.78 is 0. The Morgan fingerprint density at radius 3 is 2.40 bits per heavy atom. The first-order chi connectivity index (χ1) is 9.49. The van der Waals surface area contributed by atoms with E-state index in [4.69, 9.17) is 5.11 Å². The van der Waals surface area contributed by atoms with Crippen LogP contribution in [0.5, 0.6) is 0 Å². The number of hydrogen-bond acceptors (Lipinski definition) is 2. The van der Waals surface area contributed by atoms with Gasteiger partial charge in [-0.15, -0.1) is 0 Å². The van der Waals surface area contributed by atoms with Crippen LogP contribution in [-0.2, 0) is 4.79 Å². The second kappa shape index (κ2) is 8.82. The van der Waals surface area contributed by atoms with Gasteiger partial charge in [0.2, 0.25) is 0 Å². The molecule has 1 saturated carbocycles. The highest BCUT2D eigenvalue weighted by atomic mass is 16.4. The molecule has 1 aliphatic carbocycles. The Kier molecular flexibility index (Phi) is 7.41. The average Bonchev–Trinajstić information content (AvgIpc) is 2.30. The molecule has 0 aromatic rings. The van der Waals surface area contributed by atoms with Gasteiger partial charge in [0.15, 0.2) is 0 Å². The maximum absolute atomic E-state index is 11.6. The number of carbonyl (C=O) groups excluding carboxylic acids is 1. The van der Waals surface area contributed by atoms with Crippen molar-refractivity contribution in [2.75, 3.05) is 13.1 Å². The zero-order valence-corrected chi connectivity index (χ0v) is 12.7. The first-order valence-corrected chi connectivity index (χ1v) is 7.72. The summed E-state index contributed by atoms with van der Waals surface area (Å²) in [6, 6.07) is -0.0994. The summed E-state index contributed by atoms with van der Waals surface area (Å²) >= 11 is 0. The fourth-order valence-corrected chi connectivity index (χ4v) is 2.49. The van der Waals surface area contributed by atoms with E-state index in [0.717, 1.165) is 13.0 Å². The molecule has 20 heavy (non-hydrogen) atoms. The number of carboxylic acid groups (broad SMARTS) is 1. The standard InChI is InChI=1S/C15H28N2O3/c1-11(2)13(6-7-14(18)19)8-9-16-15(20)17-10-12-4-3-5-12/h11-13H,3-10H2,1-2H3,(H,18,19)(H2,16,17,20). The lowest BCUT2D eigenvalue weighted by Crippen LogP contribution is -2.40. The van der Waals surface area contributed by atoms with Gasteiger partial charge in [-0.1, -0.05) is 20.3 Å². The van der Waals surface area contributed by atoms with E-state index in [-0.39, 0.29) is 12.5 Å². The van der Waals surface area contributed by atoms with E-state index in [1.807, 2.05) is 0 Å². The van der Waals surface area contributed by atoms with Crippen molar-refractivity contribution in [2.45, 2.75) is 52.4 Å². The third-order valence-corrected chi connectivity index (χ3v) is 4.25. The fraction of sp³-hybridized carbons (Fsp3) is 0.867. The third kappa shape index (κ3) is 6.78. The molecule has 0 radical (unpaired) electrons. The summed E-state index contributed by atoms with van der Waals surface area (Å²) in [5, 5.41) is 14.5. The molecule has 3 N–H and O–H groups in total. The van der Waals surface area contributed by atoms with Gasteiger partial charge in [-0.25, -0.2) is 4.79 Å². The molecule has 0 spiro atoms. The van der Waals surface area contributed by atoms with E-state index in [2.05, 4.69) is 24.5 Å². The largest absolute Gasteiger partial charge is 0.481 e. The molecule has 5 heteroatoms. The van der Waals surface area contributed by atoms with Gasteiger partial charge < -0.3 is 15.7 Å². The van der Waals surface area contributed by atoms with Crippen molar-refractivity contribution in [3.63, 3.8) is 0 Å². The van der Waals surface area contributed by atoms with Crippen molar-refractivity contribution >= 4 is 12.0 Å². The summed E-state index contributed by atoms with van der Waals surface area (Å²) in [6.07, 6.45) is 5.46. The normalized spacial score (nSPS) is 16.6. The second-order valence-corrected chi connectivity index (χ2v) is 6.16. The molecule has 0 bridgehead atoms. The minimum atomic E-state index is -0.748. The maximum Gasteiger partial charge on any atom is 0.314 e. The van der Waals surface area contributed by atoms with Crippen LogP contribution in [0.3, 0.4) is 0 Å². The lowest BCUT2D eigenvalue weighted by molar-refractivity contribution is -0.137. The minimum absolute atomic E-state index is 0.0994. The first-order valence-electron chi connectivity index (χ1n) is 7.72. The summed E-state index contributed by atoms with van der Waals surface area (Å²) in [4.78, 5) is 22.2. The molecule has 0 heterocycles. The van der Waals surface area contributed by atoms with Crippen LogP contribution < -0.4 is 10.6 Å². The predicted molar refractivity (Wildman–Crippen MR) is 78.6 cm³/mol. The van der Waals surface area contributed by atoms with Crippen LogP contribution in [0.15, 0.2) is 0 Å². The molecular weight excluding hydrogens is 256 g/mol. The molecule has 0 saturated heterocycles. The number of rotatable bonds is 9. The summed E-state index contributed by atoms with van der Waals surface area (Å²) in [6.45, 7) is 5.59. The van der Waals surface area contributed by atoms with Gasteiger partial charge in [0, 0.05) is 19.5 Å². The number of hydrogen-bond donors (Lipinski definition) is 3. The van der Waals surface area contributed by atoms with Crippen LogP contribution in [0.1, 0.15) is 52.4 Å². The van der Waals surface area contributed by atoms with E-state index < -0.39 is 5.97 Å². The molecular formula is C15H28N2O3. The highest BCUT2D eigenvalue weighted by Gasteiger charge is 2.18. The Bertz CT molecular complexity index is 314. The molecule has 0 aliphatic heterocycles. The SMILES string of the molecule is CC(C)C(CCNC(=O)NCC1CCC1)CCC(=O)O. The van der Waals surface area contributed by atoms with Crippen molar-refractivity contribution in [1.82, 2.24) is 10.6 Å². The van der Waals surface area contributed by atoms with Gasteiger partial charge in [-0.05, 0) is 43.4 Å². The summed E-state index contributed by atoms with van der Waals surface area (Å²) in [7, 11) is 0. The van der Waals surface area contributed by atoms with Gasteiger partial charge in [-0.2, -0.15) is 0 Å². The summed E-state index contributed by atoms with van der Waals surface area (Å²) in [5.74, 6) is 0.703. The third-order valence-electron chi connectivity index (χ3n) is 4.25. The predicted octanol–water partition coefficient (Wildman–Crippen LogP) is 2.61. The number of carboxylic acids is 1. The van der Waals surface area contributed by atoms with Gasteiger partial charge >= 0.3 is 12.0 Å². The maximum atomic E-state index is 11.6. The Balaban J connectivity index is 2.11. The first kappa shape index (κ1) is 16.8. The smallest absolute Gasteiger partial charge is 0.314 e. The van der Waals surface area contributed by atoms with Crippen molar-refractivity contribution in [3.05, 3.63) is 0 Å². The monoisotopic (exact) mass is 284 g/mol. The Morgan fingerprint density at radius 1 is 1.20 bits per heavy atom. The Morgan fingerprint density at radius 2 is 1.90 bits per heavy atom. The number of amides is 2. The van der Waals surface area contributed by atoms with Crippen LogP contribution >= 0.6 is 0 Å². The molecule has 1 fully saturated rings. The van der Waals surface area contributed by atoms with Crippen molar-refractivity contribution in [3.8, 4) is 0 Å². The number of nitrogens with one attached hydrogen (secondary N) is 2. The van der Waals surface area contributed by atoms with Gasteiger partial charge in [0.1, 0.15) is 0 Å². The molecule has 0 aromatic heterocycles. The zero-order chi connectivity index (χ0) is 15.0. The fourth-order valence-electron chi connectivity index (χ4n) is 2.49. The van der Waals surface area contributed by atoms with Crippen molar-refractivity contribution < 1.29 is 14.7 Å². The van der Waals surface area contributed by atoms with E-state index >= 15 is 0 Å². The lowest BCUT2D eigenvalue weighted by Gasteiger charge is -2.25. The van der Waals surface area contributed by atoms with E-state index in [9.17, 15) is 9.59 Å². The highest BCUT2D eigenvalue weighted by Crippen LogP contribution is 2.25. The lowest BCUT2D eigenvalue weighted by atomic mass is 9.85. The van der Waals surface area contributed by atoms with Crippen LogP contribution in [0.25, 0.3) is 0 Å². The average molecular weight is 284 g/mol. The van der Waals surface area contributed by atoms with Gasteiger partial charge in [0.25, 0.3) is 0 Å². The number of carbonyl (C=O) groups is 2. The van der Waals surface area contributed by atoms with Crippen LogP contribution in [0.4, 0.5) is 4.79 Å². The molecule has 1 unspecified atom stereocenters. The van der Waals surface area contributed by atoms with E-state index in [0.29, 0.717) is 30.7 Å². The molecule has 0 aromatic carbocycles. The number of urea groups is 1. The van der Waals surface area contributed by atoms with E-state index in [1.165, 1.54) is 19.3 Å². The molecule has 5 nitrogen and oxygen atoms in total. The Hall–Kier alpha value is -1.26. The van der Waals surface area contributed by atoms with Gasteiger partial charge in [-0.3, -0.25) is 4.79 Å². The molecule has 1 aliphatic rings. The molecule has 1 rings (SSSR count). The quantitative estimate of drug-likeness (QED) is 0.609. The number of aliphatic carboxylic acids is 1. The zero-order valence-electron chi connectivity index (χ0n) is 12.7. The van der Waals surface area contributed by atoms with Crippen LogP contribution in [0, 0.1) is 17.8 Å². The van der Waals surface area contributed by atoms with Crippen LogP contribution in [-0.4, -0.2) is 30.2 Å². The topological polar surface area (TPSA) is 78.4 Å². The van der Waals surface area contributed by atoms with Crippen molar-refractivity contribution in [1.29, 1.82) is 0 Å². The van der Waals surface area contributed by atoms with Crippen molar-refractivity contribution in [2.24, 2.45) is 17.8 Å². The van der Waals surface area contributed by atoms with Crippen LogP contribution in [0.2, 0.25) is 0 Å². The molecule has 116 valence electrons. The Labute approximate surface area is 121 Å². The molecule has 2 amide bonds. The highest BCUT2D eigenvalue weighted by molar-refractivity contribution is 5.73. The summed E-state index contributed by atoms with van der Waals surface area (Å²) in [5.41, 5.74) is 0.